The van der Waals surface area contributed by atoms with Gasteiger partial charge in [-0.3, -0.25) is 0 Å². The zero-order chi connectivity index (χ0) is 15.0. The molecule has 0 radical (unpaired) electrons. The molecule has 0 aliphatic heterocycles. The van der Waals surface area contributed by atoms with Gasteiger partial charge in [0.1, 0.15) is 18.0 Å². The van der Waals surface area contributed by atoms with Crippen LogP contribution in [0, 0.1) is 0 Å². The minimum atomic E-state index is 0.182. The molecule has 0 atom stereocenters. The molecule has 0 saturated heterocycles. The SMILES string of the molecule is CC.NN/N=C(\N)COCc1ccc2c(cnn2O)c1. The van der Waals surface area contributed by atoms with Gasteiger partial charge >= 0.3 is 0 Å². The van der Waals surface area contributed by atoms with Crippen molar-refractivity contribution in [3.8, 4) is 0 Å². The van der Waals surface area contributed by atoms with E-state index in [-0.39, 0.29) is 12.4 Å². The number of hydrazone groups is 1. The predicted octanol–water partition coefficient (Wildman–Crippen LogP) is 0.552. The molecule has 0 fully saturated rings. The maximum Gasteiger partial charge on any atom is 0.147 e. The Balaban J connectivity index is 0.000000956. The first-order valence-corrected chi connectivity index (χ1v) is 6.22. The van der Waals surface area contributed by atoms with Crippen molar-refractivity contribution >= 4 is 16.7 Å². The molecule has 0 unspecified atom stereocenters. The first kappa shape index (κ1) is 15.7. The van der Waals surface area contributed by atoms with Crippen LogP contribution in [-0.2, 0) is 11.3 Å². The smallest absolute Gasteiger partial charge is 0.147 e. The van der Waals surface area contributed by atoms with Gasteiger partial charge in [-0.05, 0) is 17.7 Å². The van der Waals surface area contributed by atoms with Gasteiger partial charge < -0.3 is 15.7 Å². The fraction of sp³-hybridized carbons (Fsp3) is 0.333. The third-order valence-electron chi connectivity index (χ3n) is 2.34. The highest BCUT2D eigenvalue weighted by molar-refractivity contribution is 5.81. The van der Waals surface area contributed by atoms with Gasteiger partial charge in [0.2, 0.25) is 0 Å². The number of aromatic nitrogens is 2. The van der Waals surface area contributed by atoms with Crippen LogP contribution in [0.15, 0.2) is 29.5 Å². The molecule has 2 rings (SSSR count). The molecule has 0 spiro atoms. The summed E-state index contributed by atoms with van der Waals surface area (Å²) in [5.74, 6) is 5.24. The molecule has 0 saturated carbocycles. The number of nitrogens with two attached hydrogens (primary N) is 2. The van der Waals surface area contributed by atoms with Gasteiger partial charge in [-0.1, -0.05) is 19.9 Å². The molecule has 2 aromatic rings. The van der Waals surface area contributed by atoms with E-state index in [4.69, 9.17) is 16.3 Å². The summed E-state index contributed by atoms with van der Waals surface area (Å²) in [7, 11) is 0. The van der Waals surface area contributed by atoms with E-state index in [9.17, 15) is 5.21 Å². The summed E-state index contributed by atoms with van der Waals surface area (Å²) >= 11 is 0. The van der Waals surface area contributed by atoms with Crippen molar-refractivity contribution in [3.05, 3.63) is 30.0 Å². The van der Waals surface area contributed by atoms with E-state index in [1.54, 1.807) is 12.3 Å². The van der Waals surface area contributed by atoms with Crippen molar-refractivity contribution in [2.75, 3.05) is 6.61 Å². The van der Waals surface area contributed by atoms with Crippen molar-refractivity contribution < 1.29 is 9.94 Å². The lowest BCUT2D eigenvalue weighted by Crippen LogP contribution is -2.25. The molecule has 1 aromatic carbocycles. The van der Waals surface area contributed by atoms with Crippen LogP contribution >= 0.6 is 0 Å². The van der Waals surface area contributed by atoms with Gasteiger partial charge in [-0.15, -0.1) is 15.0 Å². The minimum absolute atomic E-state index is 0.182. The average Bonchev–Trinajstić information content (AvgIpc) is 2.83. The van der Waals surface area contributed by atoms with Crippen molar-refractivity contribution in [1.82, 2.24) is 15.5 Å². The Kier molecular flexibility index (Phi) is 6.27. The molecule has 8 nitrogen and oxygen atoms in total. The van der Waals surface area contributed by atoms with Crippen molar-refractivity contribution in [2.24, 2.45) is 16.7 Å². The summed E-state index contributed by atoms with van der Waals surface area (Å²) in [6, 6.07) is 5.48. The van der Waals surface area contributed by atoms with E-state index in [1.807, 2.05) is 26.0 Å². The summed E-state index contributed by atoms with van der Waals surface area (Å²) in [5, 5.41) is 17.5. The van der Waals surface area contributed by atoms with Crippen LogP contribution < -0.4 is 17.1 Å². The summed E-state index contributed by atoms with van der Waals surface area (Å²) in [5.41, 5.74) is 9.16. The van der Waals surface area contributed by atoms with Crippen LogP contribution in [0.4, 0.5) is 0 Å². The lowest BCUT2D eigenvalue weighted by Gasteiger charge is -2.04. The Hall–Kier alpha value is -2.32. The fourth-order valence-corrected chi connectivity index (χ4v) is 1.55. The predicted molar refractivity (Wildman–Crippen MR) is 76.9 cm³/mol. The monoisotopic (exact) mass is 280 g/mol. The summed E-state index contributed by atoms with van der Waals surface area (Å²) in [4.78, 5) is 0.831. The number of nitrogens with zero attached hydrogens (tertiary/aromatic N) is 3. The lowest BCUT2D eigenvalue weighted by atomic mass is 10.2. The van der Waals surface area contributed by atoms with Crippen molar-refractivity contribution in [2.45, 2.75) is 20.5 Å². The first-order chi connectivity index (χ1) is 9.70. The highest BCUT2D eigenvalue weighted by atomic mass is 16.5. The van der Waals surface area contributed by atoms with Gasteiger partial charge in [-0.2, -0.15) is 0 Å². The van der Waals surface area contributed by atoms with Crippen LogP contribution in [0.2, 0.25) is 0 Å². The van der Waals surface area contributed by atoms with Crippen molar-refractivity contribution in [3.63, 3.8) is 0 Å². The summed E-state index contributed by atoms with van der Waals surface area (Å²) in [6.07, 6.45) is 1.58. The number of hydrazine groups is 1. The zero-order valence-corrected chi connectivity index (χ0v) is 11.6. The molecule has 0 aliphatic carbocycles. The normalized spacial score (nSPS) is 11.1. The highest BCUT2D eigenvalue weighted by Gasteiger charge is 2.02. The van der Waals surface area contributed by atoms with Gasteiger partial charge in [0.25, 0.3) is 0 Å². The molecule has 6 N–H and O–H groups in total. The van der Waals surface area contributed by atoms with Crippen LogP contribution in [0.3, 0.4) is 0 Å². The second kappa shape index (κ2) is 7.97. The Morgan fingerprint density at radius 2 is 2.25 bits per heavy atom. The van der Waals surface area contributed by atoms with Crippen LogP contribution in [-0.4, -0.2) is 27.6 Å². The summed E-state index contributed by atoms with van der Waals surface area (Å²) in [6.45, 7) is 4.56. The molecular weight excluding hydrogens is 260 g/mol. The van der Waals surface area contributed by atoms with E-state index in [0.29, 0.717) is 12.1 Å². The van der Waals surface area contributed by atoms with Gasteiger partial charge in [0.05, 0.1) is 12.8 Å². The third-order valence-corrected chi connectivity index (χ3v) is 2.34. The number of hydrogen-bond donors (Lipinski definition) is 4. The standard InChI is InChI=1S/C10H14N6O2.C2H6/c11-10(14-15-12)6-18-5-7-1-2-9-8(3-7)4-13-16(9)17;1-2/h1-4,15,17H,5-6,12H2,(H2,11,14);1-2H3. The van der Waals surface area contributed by atoms with Crippen LogP contribution in [0.1, 0.15) is 19.4 Å². The quantitative estimate of drug-likeness (QED) is 0.208. The van der Waals surface area contributed by atoms with Crippen LogP contribution in [0.5, 0.6) is 0 Å². The Labute approximate surface area is 116 Å². The Morgan fingerprint density at radius 1 is 1.50 bits per heavy atom. The number of fused-ring (bicyclic) bond motifs is 1. The van der Waals surface area contributed by atoms with Gasteiger partial charge in [0, 0.05) is 5.39 Å². The van der Waals surface area contributed by atoms with E-state index >= 15 is 0 Å². The average molecular weight is 280 g/mol. The van der Waals surface area contributed by atoms with E-state index in [0.717, 1.165) is 15.8 Å². The third kappa shape index (κ3) is 4.11. The number of amidine groups is 1. The molecular formula is C12H20N6O2. The number of hydrogen-bond acceptors (Lipinski definition) is 6. The first-order valence-electron chi connectivity index (χ1n) is 6.22. The molecule has 1 heterocycles. The van der Waals surface area contributed by atoms with Gasteiger partial charge in [0.15, 0.2) is 0 Å². The fourth-order valence-electron chi connectivity index (χ4n) is 1.55. The Bertz CT molecular complexity index is 566. The van der Waals surface area contributed by atoms with E-state index < -0.39 is 0 Å². The highest BCUT2D eigenvalue weighted by Crippen LogP contribution is 2.15. The molecule has 8 heteroatoms. The molecule has 110 valence electrons. The summed E-state index contributed by atoms with van der Waals surface area (Å²) < 4.78 is 5.35. The molecule has 0 bridgehead atoms. The maximum absolute atomic E-state index is 9.33. The maximum atomic E-state index is 9.33. The molecule has 1 aromatic heterocycles. The van der Waals surface area contributed by atoms with E-state index in [1.165, 1.54) is 0 Å². The zero-order valence-electron chi connectivity index (χ0n) is 11.6. The number of benzene rings is 1. The lowest BCUT2D eigenvalue weighted by molar-refractivity contribution is 0.157. The largest absolute Gasteiger partial charge is 0.411 e. The topological polar surface area (TPSA) is 124 Å². The van der Waals surface area contributed by atoms with Crippen molar-refractivity contribution in [1.29, 1.82) is 0 Å². The second-order valence-electron chi connectivity index (χ2n) is 3.65. The Morgan fingerprint density at radius 3 is 2.95 bits per heavy atom. The number of rotatable bonds is 5. The van der Waals surface area contributed by atoms with Crippen LogP contribution in [0.25, 0.3) is 10.9 Å². The molecule has 0 amide bonds. The minimum Gasteiger partial charge on any atom is -0.411 e. The van der Waals surface area contributed by atoms with Gasteiger partial charge in [-0.25, -0.2) is 11.4 Å². The number of nitrogens with one attached hydrogen (secondary N) is 1. The van der Waals surface area contributed by atoms with E-state index in [2.05, 4.69) is 15.7 Å². The second-order valence-corrected chi connectivity index (χ2v) is 3.65. The molecule has 20 heavy (non-hydrogen) atoms. The number of ether oxygens (including phenoxy) is 1. The molecule has 0 aliphatic rings.